The number of anilines is 3. The normalized spacial score (nSPS) is 14.5. The van der Waals surface area contributed by atoms with Gasteiger partial charge in [-0.05, 0) is 49.5 Å². The van der Waals surface area contributed by atoms with Gasteiger partial charge in [-0.2, -0.15) is 9.50 Å². The molecule has 1 saturated heterocycles. The second-order valence-electron chi connectivity index (χ2n) is 9.32. The quantitative estimate of drug-likeness (QED) is 0.388. The summed E-state index contributed by atoms with van der Waals surface area (Å²) >= 11 is 0. The van der Waals surface area contributed by atoms with Crippen molar-refractivity contribution in [3.63, 3.8) is 0 Å². The summed E-state index contributed by atoms with van der Waals surface area (Å²) in [5.74, 6) is 0.748. The van der Waals surface area contributed by atoms with Crippen LogP contribution in [0.1, 0.15) is 0 Å². The van der Waals surface area contributed by atoms with Crippen LogP contribution in [0.25, 0.3) is 33.5 Å². The van der Waals surface area contributed by atoms with Crippen molar-refractivity contribution in [2.75, 3.05) is 43.4 Å². The van der Waals surface area contributed by atoms with Gasteiger partial charge in [0.25, 0.3) is 5.56 Å². The average molecular weight is 505 g/mol. The van der Waals surface area contributed by atoms with Crippen molar-refractivity contribution in [3.8, 4) is 5.95 Å². The minimum Gasteiger partial charge on any atom is -0.369 e. The summed E-state index contributed by atoms with van der Waals surface area (Å²) in [6, 6.07) is 17.6. The van der Waals surface area contributed by atoms with E-state index < -0.39 is 0 Å². The van der Waals surface area contributed by atoms with Gasteiger partial charge >= 0.3 is 0 Å². The molecule has 5 heterocycles. The van der Waals surface area contributed by atoms with Gasteiger partial charge in [0.1, 0.15) is 5.39 Å². The minimum atomic E-state index is -0.295. The Morgan fingerprint density at radius 1 is 0.816 bits per heavy atom. The van der Waals surface area contributed by atoms with Crippen molar-refractivity contribution in [1.82, 2.24) is 39.0 Å². The lowest BCUT2D eigenvalue weighted by Gasteiger charge is -2.34. The Hall–Kier alpha value is -4.90. The zero-order valence-electron chi connectivity index (χ0n) is 20.7. The van der Waals surface area contributed by atoms with Gasteiger partial charge in [-0.15, -0.1) is 0 Å². The molecule has 6 aromatic rings. The number of nitrogens with one attached hydrogen (secondary N) is 1. The summed E-state index contributed by atoms with van der Waals surface area (Å²) in [7, 11) is 2.15. The molecule has 0 atom stereocenters. The molecule has 1 aliphatic rings. The number of hydrogen-bond acceptors (Lipinski definition) is 9. The summed E-state index contributed by atoms with van der Waals surface area (Å²) in [6.07, 6.45) is 4.79. The van der Waals surface area contributed by atoms with Crippen LogP contribution in [-0.2, 0) is 0 Å². The molecule has 2 aromatic carbocycles. The topological polar surface area (TPSA) is 109 Å². The highest BCUT2D eigenvalue weighted by Gasteiger charge is 2.19. The summed E-state index contributed by atoms with van der Waals surface area (Å²) in [5.41, 5.74) is 3.32. The van der Waals surface area contributed by atoms with E-state index in [1.165, 1.54) is 16.4 Å². The number of piperazine rings is 1. The molecule has 0 spiro atoms. The highest BCUT2D eigenvalue weighted by atomic mass is 16.1. The molecule has 188 valence electrons. The average Bonchev–Trinajstić information content (AvgIpc) is 3.29. The largest absolute Gasteiger partial charge is 0.369 e. The highest BCUT2D eigenvalue weighted by Crippen LogP contribution is 2.24. The fourth-order valence-corrected chi connectivity index (χ4v) is 4.89. The van der Waals surface area contributed by atoms with Crippen molar-refractivity contribution < 1.29 is 0 Å². The Labute approximate surface area is 217 Å². The molecule has 4 aromatic heterocycles. The first kappa shape index (κ1) is 22.3. The summed E-state index contributed by atoms with van der Waals surface area (Å²) in [4.78, 5) is 40.9. The minimum absolute atomic E-state index is 0.295. The van der Waals surface area contributed by atoms with E-state index in [9.17, 15) is 4.79 Å². The third-order valence-corrected chi connectivity index (χ3v) is 6.91. The molecule has 1 N–H and O–H groups in total. The van der Waals surface area contributed by atoms with Crippen LogP contribution >= 0.6 is 0 Å². The zero-order chi connectivity index (χ0) is 25.6. The zero-order valence-corrected chi connectivity index (χ0v) is 20.7. The molecule has 0 amide bonds. The van der Waals surface area contributed by atoms with Crippen molar-refractivity contribution in [3.05, 3.63) is 83.5 Å². The second kappa shape index (κ2) is 8.89. The molecular weight excluding hydrogens is 480 g/mol. The van der Waals surface area contributed by atoms with E-state index in [0.717, 1.165) is 42.8 Å². The van der Waals surface area contributed by atoms with Crippen LogP contribution in [0.2, 0.25) is 0 Å². The lowest BCUT2D eigenvalue weighted by molar-refractivity contribution is 0.313. The monoisotopic (exact) mass is 504 g/mol. The van der Waals surface area contributed by atoms with E-state index in [2.05, 4.69) is 54.2 Å². The molecular formula is C27H24N10O. The van der Waals surface area contributed by atoms with Gasteiger partial charge < -0.3 is 15.1 Å². The van der Waals surface area contributed by atoms with Gasteiger partial charge in [-0.1, -0.05) is 12.1 Å². The Morgan fingerprint density at radius 3 is 2.37 bits per heavy atom. The summed E-state index contributed by atoms with van der Waals surface area (Å²) < 4.78 is 3.16. The smallest absolute Gasteiger partial charge is 0.284 e. The summed E-state index contributed by atoms with van der Waals surface area (Å²) in [6.45, 7) is 4.14. The second-order valence-corrected chi connectivity index (χ2v) is 9.32. The lowest BCUT2D eigenvalue weighted by atomic mass is 10.2. The number of benzene rings is 2. The molecule has 11 heteroatoms. The first-order valence-electron chi connectivity index (χ1n) is 12.4. The van der Waals surface area contributed by atoms with Crippen molar-refractivity contribution in [1.29, 1.82) is 0 Å². The maximum absolute atomic E-state index is 13.7. The molecule has 1 fully saturated rings. The Balaban J connectivity index is 1.27. The molecule has 0 saturated carbocycles. The first-order valence-corrected chi connectivity index (χ1v) is 12.4. The molecule has 7 rings (SSSR count). The van der Waals surface area contributed by atoms with E-state index >= 15 is 0 Å². The fourth-order valence-electron chi connectivity index (χ4n) is 4.89. The maximum Gasteiger partial charge on any atom is 0.284 e. The van der Waals surface area contributed by atoms with Crippen LogP contribution in [-0.4, -0.2) is 72.2 Å². The molecule has 0 radical (unpaired) electrons. The number of fused-ring (bicyclic) bond motifs is 4. The fraction of sp³-hybridized carbons (Fsp3) is 0.185. The molecule has 0 aliphatic carbocycles. The van der Waals surface area contributed by atoms with Crippen LogP contribution in [0.4, 0.5) is 17.3 Å². The van der Waals surface area contributed by atoms with E-state index in [4.69, 9.17) is 4.98 Å². The SMILES string of the molecule is CN1CCN(c2ccc(Nc3ncc4c(=O)n5c(nc4n3)c3ccccc3n5-c3ncccn3)cc2)CC1. The third-order valence-electron chi connectivity index (χ3n) is 6.91. The number of nitrogens with zero attached hydrogens (tertiary/aromatic N) is 9. The number of rotatable bonds is 4. The molecule has 0 unspecified atom stereocenters. The van der Waals surface area contributed by atoms with Gasteiger partial charge in [0.2, 0.25) is 11.9 Å². The molecule has 11 nitrogen and oxygen atoms in total. The maximum atomic E-state index is 13.7. The predicted molar refractivity (Wildman–Crippen MR) is 146 cm³/mol. The van der Waals surface area contributed by atoms with E-state index in [1.807, 2.05) is 36.4 Å². The Kier molecular flexibility index (Phi) is 5.22. The Morgan fingerprint density at radius 2 is 1.58 bits per heavy atom. The number of para-hydroxylation sites is 1. The summed E-state index contributed by atoms with van der Waals surface area (Å²) in [5, 5.41) is 4.35. The van der Waals surface area contributed by atoms with Gasteiger partial charge in [0.15, 0.2) is 11.3 Å². The lowest BCUT2D eigenvalue weighted by Crippen LogP contribution is -2.44. The first-order chi connectivity index (χ1) is 18.7. The van der Waals surface area contributed by atoms with Crippen LogP contribution in [0.3, 0.4) is 0 Å². The highest BCUT2D eigenvalue weighted by molar-refractivity contribution is 5.95. The standard InChI is InChI=1S/C27H24N10O/c1-34-13-15-35(16-14-34)19-9-7-18(8-10-19)31-26-30-17-21-23(33-26)32-24-20-5-2-3-6-22(20)36(37(24)25(21)38)27-28-11-4-12-29-27/h2-12,17H,13-16H2,1H3,(H,30,31,33). The number of aromatic nitrogens is 7. The molecule has 0 bridgehead atoms. The van der Waals surface area contributed by atoms with Crippen LogP contribution < -0.4 is 15.8 Å². The van der Waals surface area contributed by atoms with Gasteiger partial charge in [0, 0.05) is 61.5 Å². The Bertz CT molecular complexity index is 1840. The van der Waals surface area contributed by atoms with Crippen molar-refractivity contribution >= 4 is 44.9 Å². The predicted octanol–water partition coefficient (Wildman–Crippen LogP) is 2.87. The van der Waals surface area contributed by atoms with Gasteiger partial charge in [-0.3, -0.25) is 4.79 Å². The van der Waals surface area contributed by atoms with E-state index in [0.29, 0.717) is 28.6 Å². The van der Waals surface area contributed by atoms with Gasteiger partial charge in [0.05, 0.1) is 5.52 Å². The molecule has 38 heavy (non-hydrogen) atoms. The van der Waals surface area contributed by atoms with Crippen LogP contribution in [0.5, 0.6) is 0 Å². The number of likely N-dealkylation sites (N-methyl/N-ethyl adjacent to an activating group) is 1. The van der Waals surface area contributed by atoms with E-state index in [-0.39, 0.29) is 5.56 Å². The van der Waals surface area contributed by atoms with Gasteiger partial charge in [-0.25, -0.2) is 24.6 Å². The van der Waals surface area contributed by atoms with Crippen LogP contribution in [0, 0.1) is 0 Å². The molecule has 1 aliphatic heterocycles. The van der Waals surface area contributed by atoms with Crippen LogP contribution in [0.15, 0.2) is 78.0 Å². The van der Waals surface area contributed by atoms with Crippen molar-refractivity contribution in [2.45, 2.75) is 0 Å². The number of hydrogen-bond donors (Lipinski definition) is 1. The third kappa shape index (κ3) is 3.71. The van der Waals surface area contributed by atoms with Crippen molar-refractivity contribution in [2.24, 2.45) is 0 Å². The van der Waals surface area contributed by atoms with E-state index in [1.54, 1.807) is 23.1 Å².